The van der Waals surface area contributed by atoms with E-state index in [9.17, 15) is 5.11 Å². The summed E-state index contributed by atoms with van der Waals surface area (Å²) in [6, 6.07) is 11.6. The van der Waals surface area contributed by atoms with E-state index < -0.39 is 6.10 Å². The van der Waals surface area contributed by atoms with Gasteiger partial charge in [0.15, 0.2) is 0 Å². The third kappa shape index (κ3) is 2.47. The van der Waals surface area contributed by atoms with Crippen LogP contribution in [-0.2, 0) is 6.42 Å². The highest BCUT2D eigenvalue weighted by atomic mass is 16.3. The van der Waals surface area contributed by atoms with E-state index in [1.165, 1.54) is 5.56 Å². The van der Waals surface area contributed by atoms with Crippen LogP contribution in [0.25, 0.3) is 11.4 Å². The zero-order valence-electron chi connectivity index (χ0n) is 12.5. The van der Waals surface area contributed by atoms with Crippen molar-refractivity contribution in [3.05, 3.63) is 59.9 Å². The predicted molar refractivity (Wildman–Crippen MR) is 86.6 cm³/mol. The molecule has 23 heavy (non-hydrogen) atoms. The number of pyridine rings is 1. The third-order valence-corrected chi connectivity index (χ3v) is 4.29. The standard InChI is InChI=1S/C17H17N5O/c18-12-6-7-14(19-9-12)15-10-22(21-20-15)17-13-4-2-1-3-11(13)5-8-16(17)23/h1-4,6-7,9-10,16-17,23H,5,8,18H2/t16-,17-/m0/s1. The maximum absolute atomic E-state index is 10.5. The number of hydrogen-bond acceptors (Lipinski definition) is 5. The molecule has 1 aliphatic rings. The number of fused-ring (bicyclic) bond motifs is 1. The van der Waals surface area contributed by atoms with Crippen LogP contribution in [-0.4, -0.2) is 31.2 Å². The van der Waals surface area contributed by atoms with Gasteiger partial charge in [-0.05, 0) is 36.1 Å². The van der Waals surface area contributed by atoms with Crippen molar-refractivity contribution in [2.75, 3.05) is 5.73 Å². The van der Waals surface area contributed by atoms with Gasteiger partial charge in [-0.3, -0.25) is 4.98 Å². The minimum Gasteiger partial charge on any atom is -0.397 e. The summed E-state index contributed by atoms with van der Waals surface area (Å²) in [5.41, 5.74) is 10.0. The molecule has 0 unspecified atom stereocenters. The van der Waals surface area contributed by atoms with E-state index in [4.69, 9.17) is 5.73 Å². The lowest BCUT2D eigenvalue weighted by Crippen LogP contribution is -2.30. The van der Waals surface area contributed by atoms with E-state index >= 15 is 0 Å². The van der Waals surface area contributed by atoms with Crippen LogP contribution < -0.4 is 5.73 Å². The van der Waals surface area contributed by atoms with Gasteiger partial charge < -0.3 is 10.8 Å². The van der Waals surface area contributed by atoms with E-state index in [0.29, 0.717) is 17.1 Å². The fraction of sp³-hybridized carbons (Fsp3) is 0.235. The maximum atomic E-state index is 10.5. The number of hydrogen-bond donors (Lipinski definition) is 2. The lowest BCUT2D eigenvalue weighted by Gasteiger charge is -2.30. The number of rotatable bonds is 2. The first-order valence-corrected chi connectivity index (χ1v) is 7.62. The predicted octanol–water partition coefficient (Wildman–Crippen LogP) is 1.82. The molecule has 2 aromatic heterocycles. The Morgan fingerprint density at radius 1 is 1.13 bits per heavy atom. The van der Waals surface area contributed by atoms with E-state index in [2.05, 4.69) is 21.4 Å². The maximum Gasteiger partial charge on any atom is 0.131 e. The number of anilines is 1. The van der Waals surface area contributed by atoms with Crippen LogP contribution in [0.1, 0.15) is 23.6 Å². The minimum absolute atomic E-state index is 0.213. The van der Waals surface area contributed by atoms with Crippen LogP contribution >= 0.6 is 0 Å². The summed E-state index contributed by atoms with van der Waals surface area (Å²) < 4.78 is 1.73. The topological polar surface area (TPSA) is 89.8 Å². The van der Waals surface area contributed by atoms with Gasteiger partial charge in [-0.15, -0.1) is 5.10 Å². The first-order valence-electron chi connectivity index (χ1n) is 7.62. The van der Waals surface area contributed by atoms with Crippen LogP contribution in [0.5, 0.6) is 0 Å². The molecule has 0 fully saturated rings. The molecule has 4 rings (SSSR count). The highest BCUT2D eigenvalue weighted by Gasteiger charge is 2.30. The Bertz CT molecular complexity index is 827. The molecule has 0 saturated heterocycles. The second kappa shape index (κ2) is 5.48. The molecule has 3 aromatic rings. The Hall–Kier alpha value is -2.73. The van der Waals surface area contributed by atoms with Crippen molar-refractivity contribution < 1.29 is 5.11 Å². The molecule has 116 valence electrons. The zero-order chi connectivity index (χ0) is 15.8. The SMILES string of the molecule is Nc1ccc(-c2cn([C@H]3c4ccccc4CC[C@@H]3O)nn2)nc1. The Morgan fingerprint density at radius 2 is 2.00 bits per heavy atom. The summed E-state index contributed by atoms with van der Waals surface area (Å²) in [5, 5.41) is 18.9. The van der Waals surface area contributed by atoms with E-state index in [1.54, 1.807) is 16.9 Å². The lowest BCUT2D eigenvalue weighted by molar-refractivity contribution is 0.107. The average molecular weight is 307 g/mol. The summed E-state index contributed by atoms with van der Waals surface area (Å²) >= 11 is 0. The van der Waals surface area contributed by atoms with Gasteiger partial charge in [0.05, 0.1) is 29.9 Å². The molecule has 0 spiro atoms. The Balaban J connectivity index is 1.73. The van der Waals surface area contributed by atoms with Crippen molar-refractivity contribution in [2.45, 2.75) is 25.0 Å². The van der Waals surface area contributed by atoms with Crippen LogP contribution in [0.4, 0.5) is 5.69 Å². The van der Waals surface area contributed by atoms with Gasteiger partial charge in [0.25, 0.3) is 0 Å². The van der Waals surface area contributed by atoms with Gasteiger partial charge >= 0.3 is 0 Å². The summed E-state index contributed by atoms with van der Waals surface area (Å²) in [6.07, 6.45) is 4.55. The molecule has 0 saturated carbocycles. The summed E-state index contributed by atoms with van der Waals surface area (Å²) in [5.74, 6) is 0. The van der Waals surface area contributed by atoms with Gasteiger partial charge in [-0.25, -0.2) is 4.68 Å². The smallest absolute Gasteiger partial charge is 0.131 e. The summed E-state index contributed by atoms with van der Waals surface area (Å²) in [4.78, 5) is 4.27. The van der Waals surface area contributed by atoms with E-state index in [0.717, 1.165) is 18.4 Å². The van der Waals surface area contributed by atoms with Crippen molar-refractivity contribution in [2.24, 2.45) is 0 Å². The number of aliphatic hydroxyl groups is 1. The van der Waals surface area contributed by atoms with Crippen molar-refractivity contribution >= 4 is 5.69 Å². The minimum atomic E-state index is -0.473. The van der Waals surface area contributed by atoms with Crippen molar-refractivity contribution in [3.63, 3.8) is 0 Å². The van der Waals surface area contributed by atoms with Crippen LogP contribution in [0, 0.1) is 0 Å². The highest BCUT2D eigenvalue weighted by molar-refractivity contribution is 5.54. The van der Waals surface area contributed by atoms with Gasteiger partial charge in [0.1, 0.15) is 11.7 Å². The number of nitrogen functional groups attached to an aromatic ring is 1. The zero-order valence-corrected chi connectivity index (χ0v) is 12.5. The third-order valence-electron chi connectivity index (χ3n) is 4.29. The number of aromatic nitrogens is 4. The normalized spacial score (nSPS) is 20.2. The van der Waals surface area contributed by atoms with Crippen molar-refractivity contribution in [1.29, 1.82) is 0 Å². The first kappa shape index (κ1) is 13.9. The molecule has 0 amide bonds. The Morgan fingerprint density at radius 3 is 2.83 bits per heavy atom. The van der Waals surface area contributed by atoms with Gasteiger partial charge in [-0.1, -0.05) is 29.5 Å². The number of nitrogens with zero attached hydrogens (tertiary/aromatic N) is 4. The Kier molecular flexibility index (Phi) is 3.31. The molecule has 1 aliphatic carbocycles. The van der Waals surface area contributed by atoms with Gasteiger partial charge in [0.2, 0.25) is 0 Å². The average Bonchev–Trinajstić information content (AvgIpc) is 3.05. The molecule has 3 N–H and O–H groups in total. The molecule has 6 heteroatoms. The van der Waals surface area contributed by atoms with Crippen molar-refractivity contribution in [1.82, 2.24) is 20.0 Å². The fourth-order valence-corrected chi connectivity index (χ4v) is 3.12. The monoisotopic (exact) mass is 307 g/mol. The van der Waals surface area contributed by atoms with Crippen LogP contribution in [0.15, 0.2) is 48.8 Å². The number of aryl methyl sites for hydroxylation is 1. The highest BCUT2D eigenvalue weighted by Crippen LogP contribution is 2.33. The first-order chi connectivity index (χ1) is 11.2. The van der Waals surface area contributed by atoms with Crippen molar-refractivity contribution in [3.8, 4) is 11.4 Å². The molecule has 0 radical (unpaired) electrons. The number of benzene rings is 1. The van der Waals surface area contributed by atoms with Crippen LogP contribution in [0.3, 0.4) is 0 Å². The Labute approximate surface area is 133 Å². The molecule has 1 aromatic carbocycles. The second-order valence-corrected chi connectivity index (χ2v) is 5.81. The van der Waals surface area contributed by atoms with E-state index in [-0.39, 0.29) is 6.04 Å². The molecular formula is C17H17N5O. The molecule has 6 nitrogen and oxygen atoms in total. The summed E-state index contributed by atoms with van der Waals surface area (Å²) in [7, 11) is 0. The number of nitrogens with two attached hydrogens (primary N) is 1. The van der Waals surface area contributed by atoms with Crippen LogP contribution in [0.2, 0.25) is 0 Å². The largest absolute Gasteiger partial charge is 0.397 e. The fourth-order valence-electron chi connectivity index (χ4n) is 3.12. The molecule has 0 aliphatic heterocycles. The molecule has 2 heterocycles. The molecule has 2 atom stereocenters. The van der Waals surface area contributed by atoms with E-state index in [1.807, 2.05) is 30.5 Å². The number of aliphatic hydroxyl groups excluding tert-OH is 1. The second-order valence-electron chi connectivity index (χ2n) is 5.81. The summed E-state index contributed by atoms with van der Waals surface area (Å²) in [6.45, 7) is 0. The lowest BCUT2D eigenvalue weighted by atomic mass is 9.86. The molecular weight excluding hydrogens is 290 g/mol. The van der Waals surface area contributed by atoms with Gasteiger partial charge in [0, 0.05) is 0 Å². The molecule has 0 bridgehead atoms. The van der Waals surface area contributed by atoms with Gasteiger partial charge in [-0.2, -0.15) is 0 Å². The quantitative estimate of drug-likeness (QED) is 0.753.